The Balaban J connectivity index is 4.56. The number of quaternary nitrogens is 1. The quantitative estimate of drug-likeness (QED) is 0.0556. The zero-order chi connectivity index (χ0) is 30.1. The van der Waals surface area contributed by atoms with Gasteiger partial charge in [-0.05, 0) is 25.7 Å². The van der Waals surface area contributed by atoms with Crippen LogP contribution in [0.15, 0.2) is 12.2 Å². The van der Waals surface area contributed by atoms with Gasteiger partial charge in [0.25, 0.3) is 0 Å². The van der Waals surface area contributed by atoms with E-state index in [0.717, 1.165) is 32.1 Å². The number of rotatable bonds is 27. The number of carboxylic acid groups (broad SMARTS) is 1. The number of hydrogen-bond acceptors (Lipinski definition) is 7. The lowest BCUT2D eigenvalue weighted by molar-refractivity contribution is -0.889. The molecule has 2 unspecified atom stereocenters. The van der Waals surface area contributed by atoms with Crippen LogP contribution in [-0.4, -0.2) is 75.5 Å². The predicted molar refractivity (Wildman–Crippen MR) is 157 cm³/mol. The number of hydrogen-bond donors (Lipinski definition) is 0. The molecule has 0 saturated carbocycles. The van der Waals surface area contributed by atoms with E-state index in [1.807, 2.05) is 6.08 Å². The highest BCUT2D eigenvalue weighted by molar-refractivity contribution is 5.70. The molecular formula is C32H59NO7. The molecule has 0 heterocycles. The highest BCUT2D eigenvalue weighted by Crippen LogP contribution is 2.12. The van der Waals surface area contributed by atoms with Gasteiger partial charge >= 0.3 is 11.9 Å². The van der Waals surface area contributed by atoms with Gasteiger partial charge < -0.3 is 28.6 Å². The summed E-state index contributed by atoms with van der Waals surface area (Å²) in [4.78, 5) is 36.2. The third-order valence-electron chi connectivity index (χ3n) is 6.92. The first kappa shape index (κ1) is 38.1. The molecular weight excluding hydrogens is 510 g/mol. The first-order chi connectivity index (χ1) is 19.1. The van der Waals surface area contributed by atoms with Gasteiger partial charge in [-0.15, -0.1) is 0 Å². The summed E-state index contributed by atoms with van der Waals surface area (Å²) in [6.45, 7) is 4.50. The van der Waals surface area contributed by atoms with Gasteiger partial charge in [-0.25, -0.2) is 0 Å². The van der Waals surface area contributed by atoms with Crippen molar-refractivity contribution < 1.29 is 38.2 Å². The maximum Gasteiger partial charge on any atom is 0.306 e. The van der Waals surface area contributed by atoms with E-state index in [1.54, 1.807) is 21.1 Å². The topological polar surface area (TPSA) is 102 Å². The van der Waals surface area contributed by atoms with Gasteiger partial charge in [-0.2, -0.15) is 0 Å². The number of ether oxygens (including phenoxy) is 3. The summed E-state index contributed by atoms with van der Waals surface area (Å²) in [5.74, 6) is -1.81. The summed E-state index contributed by atoms with van der Waals surface area (Å²) in [5.41, 5.74) is 0. The molecule has 2 atom stereocenters. The summed E-state index contributed by atoms with van der Waals surface area (Å²) in [5, 5.41) is 11.5. The Bertz CT molecular complexity index is 687. The normalized spacial score (nSPS) is 13.3. The third-order valence-corrected chi connectivity index (χ3v) is 6.92. The Morgan fingerprint density at radius 3 is 1.90 bits per heavy atom. The summed E-state index contributed by atoms with van der Waals surface area (Å²) < 4.78 is 16.9. The van der Waals surface area contributed by atoms with Crippen LogP contribution >= 0.6 is 0 Å². The van der Waals surface area contributed by atoms with Crippen LogP contribution < -0.4 is 5.11 Å². The minimum absolute atomic E-state index is 0.0328. The smallest absolute Gasteiger partial charge is 0.306 e. The van der Waals surface area contributed by atoms with Crippen molar-refractivity contribution in [3.05, 3.63) is 12.2 Å². The second-order valence-corrected chi connectivity index (χ2v) is 11.7. The van der Waals surface area contributed by atoms with Crippen molar-refractivity contribution >= 4 is 17.9 Å². The maximum absolute atomic E-state index is 12.5. The molecule has 40 heavy (non-hydrogen) atoms. The van der Waals surface area contributed by atoms with E-state index in [9.17, 15) is 19.5 Å². The Hall–Kier alpha value is -1.93. The van der Waals surface area contributed by atoms with E-state index >= 15 is 0 Å². The highest BCUT2D eigenvalue weighted by Gasteiger charge is 2.25. The van der Waals surface area contributed by atoms with Crippen molar-refractivity contribution in [3.8, 4) is 0 Å². The minimum Gasteiger partial charge on any atom is -0.544 e. The summed E-state index contributed by atoms with van der Waals surface area (Å²) in [7, 11) is 5.37. The average molecular weight is 570 g/mol. The number of allylic oxidation sites excluding steroid dienone is 2. The molecule has 0 aliphatic heterocycles. The Kier molecular flexibility index (Phi) is 23.6. The number of unbranched alkanes of at least 4 members (excludes halogenated alkanes) is 11. The van der Waals surface area contributed by atoms with Crippen molar-refractivity contribution in [3.63, 3.8) is 0 Å². The monoisotopic (exact) mass is 569 g/mol. The fraction of sp³-hybridized carbons (Fsp3) is 0.844. The van der Waals surface area contributed by atoms with Crippen molar-refractivity contribution in [2.45, 2.75) is 135 Å². The van der Waals surface area contributed by atoms with E-state index in [-0.39, 0.29) is 49.1 Å². The fourth-order valence-electron chi connectivity index (χ4n) is 4.38. The van der Waals surface area contributed by atoms with Gasteiger partial charge in [0.05, 0.1) is 40.3 Å². The van der Waals surface area contributed by atoms with Crippen LogP contribution in [0.25, 0.3) is 0 Å². The number of aliphatic carboxylic acids is 1. The lowest BCUT2D eigenvalue weighted by Gasteiger charge is -2.34. The van der Waals surface area contributed by atoms with Gasteiger partial charge in [0.1, 0.15) is 12.6 Å². The van der Waals surface area contributed by atoms with Crippen LogP contribution in [0.3, 0.4) is 0 Å². The Morgan fingerprint density at radius 2 is 1.30 bits per heavy atom. The van der Waals surface area contributed by atoms with E-state index in [2.05, 4.69) is 19.9 Å². The summed E-state index contributed by atoms with van der Waals surface area (Å²) >= 11 is 0. The van der Waals surface area contributed by atoms with Crippen LogP contribution in [0.1, 0.15) is 123 Å². The molecule has 0 aliphatic carbocycles. The van der Waals surface area contributed by atoms with Crippen molar-refractivity contribution in [2.24, 2.45) is 0 Å². The largest absolute Gasteiger partial charge is 0.544 e. The van der Waals surface area contributed by atoms with Gasteiger partial charge in [0, 0.05) is 19.3 Å². The van der Waals surface area contributed by atoms with Crippen molar-refractivity contribution in [1.29, 1.82) is 0 Å². The Labute approximate surface area is 244 Å². The van der Waals surface area contributed by atoms with Crippen LogP contribution in [0, 0.1) is 0 Å². The first-order valence-corrected chi connectivity index (χ1v) is 15.7. The molecule has 0 fully saturated rings. The maximum atomic E-state index is 12.5. The van der Waals surface area contributed by atoms with Crippen LogP contribution in [0.2, 0.25) is 0 Å². The second kappa shape index (κ2) is 24.8. The zero-order valence-corrected chi connectivity index (χ0v) is 26.3. The molecule has 8 heteroatoms. The third kappa shape index (κ3) is 22.8. The molecule has 0 aromatic rings. The van der Waals surface area contributed by atoms with E-state index in [4.69, 9.17) is 14.2 Å². The molecule has 0 bridgehead atoms. The molecule has 0 radical (unpaired) electrons. The highest BCUT2D eigenvalue weighted by atomic mass is 16.6. The SMILES string of the molecule is CCCCC/C=C/CCC(=O)OCC(COCCC(C(=O)[O-])[N+](C)(C)C)OC(=O)CCCCCCCCCCC. The van der Waals surface area contributed by atoms with E-state index < -0.39 is 18.1 Å². The number of carbonyl (C=O) groups is 3. The van der Waals surface area contributed by atoms with Crippen molar-refractivity contribution in [1.82, 2.24) is 0 Å². The molecule has 8 nitrogen and oxygen atoms in total. The number of nitrogens with zero attached hydrogens (tertiary/aromatic N) is 1. The predicted octanol–water partition coefficient (Wildman–Crippen LogP) is 5.51. The fourth-order valence-corrected chi connectivity index (χ4v) is 4.38. The average Bonchev–Trinajstić information content (AvgIpc) is 2.89. The molecule has 0 aliphatic rings. The molecule has 0 aromatic heterocycles. The molecule has 0 spiro atoms. The number of esters is 2. The molecule has 0 N–H and O–H groups in total. The number of carbonyl (C=O) groups excluding carboxylic acids is 3. The van der Waals surface area contributed by atoms with E-state index in [1.165, 1.54) is 51.4 Å². The standard InChI is InChI=1S/C32H59NO7/c1-6-8-10-12-14-15-17-19-21-23-31(35)40-28(26-38-25-24-29(32(36)37)33(3,4)5)27-39-30(34)22-20-18-16-13-11-9-7-2/h16,18,28-29H,6-15,17,19-27H2,1-5H3/b18-16+. The van der Waals surface area contributed by atoms with Crippen LogP contribution in [0.5, 0.6) is 0 Å². The van der Waals surface area contributed by atoms with Gasteiger partial charge in [-0.1, -0.05) is 90.2 Å². The van der Waals surface area contributed by atoms with Gasteiger partial charge in [0.15, 0.2) is 6.10 Å². The lowest BCUT2D eigenvalue weighted by Crippen LogP contribution is -2.55. The van der Waals surface area contributed by atoms with Crippen LogP contribution in [0.4, 0.5) is 0 Å². The van der Waals surface area contributed by atoms with Gasteiger partial charge in [0.2, 0.25) is 0 Å². The second-order valence-electron chi connectivity index (χ2n) is 11.7. The molecule has 0 amide bonds. The zero-order valence-electron chi connectivity index (χ0n) is 26.3. The number of likely N-dealkylation sites (N-methyl/N-ethyl adjacent to an activating group) is 1. The van der Waals surface area contributed by atoms with Gasteiger partial charge in [-0.3, -0.25) is 9.59 Å². The number of carboxylic acids is 1. The first-order valence-electron chi connectivity index (χ1n) is 15.7. The summed E-state index contributed by atoms with van der Waals surface area (Å²) in [6.07, 6.45) is 19.8. The van der Waals surface area contributed by atoms with Crippen LogP contribution in [-0.2, 0) is 28.6 Å². The molecule has 0 rings (SSSR count). The van der Waals surface area contributed by atoms with Crippen molar-refractivity contribution in [2.75, 3.05) is 41.0 Å². The molecule has 234 valence electrons. The minimum atomic E-state index is -1.13. The molecule has 0 aromatic carbocycles. The summed E-state index contributed by atoms with van der Waals surface area (Å²) in [6, 6.07) is -0.722. The lowest BCUT2D eigenvalue weighted by atomic mass is 10.1. The Morgan fingerprint density at radius 1 is 0.725 bits per heavy atom. The molecule has 0 saturated heterocycles. The van der Waals surface area contributed by atoms with E-state index in [0.29, 0.717) is 12.8 Å².